The van der Waals surface area contributed by atoms with E-state index in [9.17, 15) is 4.79 Å². The quantitative estimate of drug-likeness (QED) is 0.249. The first kappa shape index (κ1) is 36.8. The standard InChI is InChI=1S/C27H35N3O2.C7H16N2.CH3NO/c1-6-7-22(23-8-9-25(28-17-23)18-30-10-12-32-13-11-30)15-24(19(2)3)16-26-20(4)14-21(5)29-27(26)31;1-6-5-7(8-2)3-4-9-6;2-1-3/h7-9,14-15,17H,2,6,10-13,16,18H2,1,3-5H3,(H,29,31);6-9H,3-5H2,1-2H3;1H,(H2,2,3)/b22-7+,24-15-;;. The lowest BCUT2D eigenvalue weighted by molar-refractivity contribution is -0.106. The zero-order valence-corrected chi connectivity index (χ0v) is 27.7. The Kier molecular flexibility index (Phi) is 16.6. The van der Waals surface area contributed by atoms with Gasteiger partial charge in [-0.25, -0.2) is 0 Å². The summed E-state index contributed by atoms with van der Waals surface area (Å²) in [5.41, 5.74) is 12.1. The van der Waals surface area contributed by atoms with E-state index in [0.717, 1.165) is 90.1 Å². The second-order valence-corrected chi connectivity index (χ2v) is 11.6. The first-order valence-electron chi connectivity index (χ1n) is 15.7. The molecule has 2 atom stereocenters. The summed E-state index contributed by atoms with van der Waals surface area (Å²) in [4.78, 5) is 31.2. The van der Waals surface area contributed by atoms with E-state index >= 15 is 0 Å². The van der Waals surface area contributed by atoms with E-state index in [0.29, 0.717) is 12.5 Å². The molecule has 0 aliphatic carbocycles. The maximum absolute atomic E-state index is 12.6. The van der Waals surface area contributed by atoms with Crippen LogP contribution in [0.5, 0.6) is 0 Å². The van der Waals surface area contributed by atoms with Gasteiger partial charge in [0.2, 0.25) is 6.41 Å². The summed E-state index contributed by atoms with van der Waals surface area (Å²) < 4.78 is 5.43. The van der Waals surface area contributed by atoms with Gasteiger partial charge in [-0.1, -0.05) is 37.3 Å². The molecule has 4 rings (SSSR count). The van der Waals surface area contributed by atoms with Crippen molar-refractivity contribution >= 4 is 12.0 Å². The van der Waals surface area contributed by atoms with Crippen LogP contribution in [-0.2, 0) is 22.5 Å². The molecule has 2 saturated heterocycles. The minimum absolute atomic E-state index is 0.0233. The highest BCUT2D eigenvalue weighted by atomic mass is 16.5. The molecule has 0 aromatic carbocycles. The first-order valence-corrected chi connectivity index (χ1v) is 15.7. The van der Waals surface area contributed by atoms with Crippen LogP contribution in [-0.4, -0.2) is 73.3 Å². The van der Waals surface area contributed by atoms with E-state index in [2.05, 4.69) is 71.0 Å². The molecule has 9 heteroatoms. The van der Waals surface area contributed by atoms with Crippen LogP contribution >= 0.6 is 0 Å². The van der Waals surface area contributed by atoms with Crippen molar-refractivity contribution in [2.24, 2.45) is 5.73 Å². The fourth-order valence-corrected chi connectivity index (χ4v) is 5.36. The van der Waals surface area contributed by atoms with Gasteiger partial charge < -0.3 is 26.1 Å². The average Bonchev–Trinajstić information content (AvgIpc) is 2.99. The predicted octanol–water partition coefficient (Wildman–Crippen LogP) is 4.21. The molecule has 9 nitrogen and oxygen atoms in total. The molecule has 2 fully saturated rings. The molecule has 2 aliphatic heterocycles. The van der Waals surface area contributed by atoms with Gasteiger partial charge in [0.25, 0.3) is 5.56 Å². The normalized spacial score (nSPS) is 19.2. The van der Waals surface area contributed by atoms with Crippen molar-refractivity contribution in [3.8, 4) is 0 Å². The lowest BCUT2D eigenvalue weighted by atomic mass is 9.94. The monoisotopic (exact) mass is 606 g/mol. The molecule has 242 valence electrons. The smallest absolute Gasteiger partial charge is 0.251 e. The molecule has 0 bridgehead atoms. The Bertz CT molecular complexity index is 1290. The number of allylic oxidation sites excluding steroid dienone is 5. The van der Waals surface area contributed by atoms with E-state index in [1.807, 2.05) is 40.1 Å². The second-order valence-electron chi connectivity index (χ2n) is 11.6. The SMILES string of the molecule is C=C(C)/C(=C\C(=C/CC)c1ccc(CN2CCOCC2)nc1)Cc1c(C)cc(C)[nH]c1=O.CNC1CCNC(C)C1.NC=O. The van der Waals surface area contributed by atoms with E-state index in [1.165, 1.54) is 19.4 Å². The Morgan fingerprint density at radius 1 is 1.27 bits per heavy atom. The highest BCUT2D eigenvalue weighted by molar-refractivity contribution is 5.75. The maximum atomic E-state index is 12.6. The zero-order valence-electron chi connectivity index (χ0n) is 27.7. The van der Waals surface area contributed by atoms with Gasteiger partial charge in [0.1, 0.15) is 0 Å². The predicted molar refractivity (Wildman–Crippen MR) is 182 cm³/mol. The zero-order chi connectivity index (χ0) is 32.5. The number of aromatic nitrogens is 2. The number of hydrogen-bond donors (Lipinski definition) is 4. The van der Waals surface area contributed by atoms with Crippen molar-refractivity contribution in [1.29, 1.82) is 0 Å². The molecular weight excluding hydrogens is 552 g/mol. The number of carbonyl (C=O) groups excluding carboxylic acids is 1. The molecule has 1 amide bonds. The van der Waals surface area contributed by atoms with Crippen molar-refractivity contribution in [2.75, 3.05) is 39.9 Å². The number of pyridine rings is 2. The molecule has 44 heavy (non-hydrogen) atoms. The topological polar surface area (TPSA) is 125 Å². The minimum Gasteiger partial charge on any atom is -0.379 e. The van der Waals surface area contributed by atoms with Gasteiger partial charge in [-0.05, 0) is 95.0 Å². The second kappa shape index (κ2) is 19.8. The molecule has 0 spiro atoms. The number of H-pyrrole nitrogens is 1. The van der Waals surface area contributed by atoms with Crippen molar-refractivity contribution in [2.45, 2.75) is 78.9 Å². The maximum Gasteiger partial charge on any atom is 0.251 e. The van der Waals surface area contributed by atoms with Crippen molar-refractivity contribution in [3.05, 3.63) is 92.7 Å². The number of ether oxygens (including phenoxy) is 1. The number of piperidine rings is 1. The number of morpholine rings is 1. The van der Waals surface area contributed by atoms with Crippen molar-refractivity contribution in [3.63, 3.8) is 0 Å². The van der Waals surface area contributed by atoms with Gasteiger partial charge in [0.05, 0.1) is 18.9 Å². The third-order valence-corrected chi connectivity index (χ3v) is 7.84. The number of carbonyl (C=O) groups is 1. The number of rotatable bonds is 9. The van der Waals surface area contributed by atoms with Crippen LogP contribution in [0.4, 0.5) is 0 Å². The molecule has 4 heterocycles. The summed E-state index contributed by atoms with van der Waals surface area (Å²) in [5.74, 6) is 0. The molecule has 5 N–H and O–H groups in total. The molecule has 0 saturated carbocycles. The molecule has 2 aliphatic rings. The molecule has 2 aromatic heterocycles. The van der Waals surface area contributed by atoms with Crippen LogP contribution < -0.4 is 21.9 Å². The van der Waals surface area contributed by atoms with Crippen LogP contribution in [0.15, 0.2) is 59.1 Å². The van der Waals surface area contributed by atoms with Gasteiger partial charge in [0.15, 0.2) is 0 Å². The summed E-state index contributed by atoms with van der Waals surface area (Å²) in [6.07, 6.45) is 10.6. The van der Waals surface area contributed by atoms with E-state index in [4.69, 9.17) is 14.5 Å². The Hall–Kier alpha value is -3.37. The molecule has 2 aromatic rings. The summed E-state index contributed by atoms with van der Waals surface area (Å²) in [5, 5.41) is 6.70. The lowest BCUT2D eigenvalue weighted by Crippen LogP contribution is -2.43. The number of nitrogens with one attached hydrogen (secondary N) is 3. The lowest BCUT2D eigenvalue weighted by Gasteiger charge is -2.27. The Morgan fingerprint density at radius 3 is 2.50 bits per heavy atom. The fraction of sp³-hybridized carbons (Fsp3) is 0.514. The van der Waals surface area contributed by atoms with E-state index in [-0.39, 0.29) is 12.0 Å². The molecular formula is C35H54N6O3. The average molecular weight is 607 g/mol. The van der Waals surface area contributed by atoms with Crippen LogP contribution in [0.25, 0.3) is 5.57 Å². The van der Waals surface area contributed by atoms with Gasteiger partial charge >= 0.3 is 0 Å². The number of aromatic amines is 1. The van der Waals surface area contributed by atoms with Crippen molar-refractivity contribution in [1.82, 2.24) is 25.5 Å². The third kappa shape index (κ3) is 12.7. The Morgan fingerprint density at radius 2 is 1.98 bits per heavy atom. The van der Waals surface area contributed by atoms with Gasteiger partial charge in [0, 0.05) is 55.6 Å². The fourth-order valence-electron chi connectivity index (χ4n) is 5.36. The van der Waals surface area contributed by atoms with Gasteiger partial charge in [-0.15, -0.1) is 0 Å². The summed E-state index contributed by atoms with van der Waals surface area (Å²) in [6.45, 7) is 19.9. The van der Waals surface area contributed by atoms with Crippen LogP contribution in [0.2, 0.25) is 0 Å². The largest absolute Gasteiger partial charge is 0.379 e. The highest BCUT2D eigenvalue weighted by Gasteiger charge is 2.16. The summed E-state index contributed by atoms with van der Waals surface area (Å²) in [7, 11) is 2.04. The number of hydrogen-bond acceptors (Lipinski definition) is 7. The Balaban J connectivity index is 0.000000471. The van der Waals surface area contributed by atoms with Crippen LogP contribution in [0, 0.1) is 13.8 Å². The van der Waals surface area contributed by atoms with Gasteiger partial charge in [-0.3, -0.25) is 19.5 Å². The van der Waals surface area contributed by atoms with Crippen LogP contribution in [0.1, 0.15) is 68.1 Å². The number of primary amides is 1. The molecule has 2 unspecified atom stereocenters. The number of amides is 1. The number of nitrogens with two attached hydrogens (primary N) is 1. The van der Waals surface area contributed by atoms with Gasteiger partial charge in [-0.2, -0.15) is 0 Å². The van der Waals surface area contributed by atoms with E-state index < -0.39 is 0 Å². The number of aryl methyl sites for hydroxylation is 2. The summed E-state index contributed by atoms with van der Waals surface area (Å²) in [6, 6.07) is 7.72. The van der Waals surface area contributed by atoms with Crippen LogP contribution in [0.3, 0.4) is 0 Å². The first-order chi connectivity index (χ1) is 21.1. The summed E-state index contributed by atoms with van der Waals surface area (Å²) >= 11 is 0. The minimum atomic E-state index is -0.0233. The van der Waals surface area contributed by atoms with Crippen molar-refractivity contribution < 1.29 is 9.53 Å². The molecule has 0 radical (unpaired) electrons. The highest BCUT2D eigenvalue weighted by Crippen LogP contribution is 2.24. The Labute approximate surface area is 264 Å². The number of nitrogens with zero attached hydrogens (tertiary/aromatic N) is 2. The third-order valence-electron chi connectivity index (χ3n) is 7.84. The van der Waals surface area contributed by atoms with E-state index in [1.54, 1.807) is 0 Å².